The Kier molecular flexibility index (Phi) is 21.9. The Labute approximate surface area is 127 Å². The molecule has 8 heteroatoms. The summed E-state index contributed by atoms with van der Waals surface area (Å²) in [5.74, 6) is -0.523. The maximum Gasteiger partial charge on any atom is 0.221 e. The van der Waals surface area contributed by atoms with Crippen LogP contribution >= 0.6 is 0 Å². The molecule has 0 bridgehead atoms. The van der Waals surface area contributed by atoms with Crippen LogP contribution in [0.4, 0.5) is 0 Å². The second kappa shape index (κ2) is 16.5. The maximum absolute atomic E-state index is 9.22. The molecule has 0 aromatic carbocycles. The molecule has 1 atom stereocenters. The van der Waals surface area contributed by atoms with Gasteiger partial charge in [-0.3, -0.25) is 15.0 Å². The average molecular weight is 308 g/mol. The number of hydroxylamine groups is 1. The first-order chi connectivity index (χ1) is 9.04. The van der Waals surface area contributed by atoms with Crippen LogP contribution in [0.2, 0.25) is 0 Å². The van der Waals surface area contributed by atoms with Gasteiger partial charge >= 0.3 is 0 Å². The van der Waals surface area contributed by atoms with Crippen molar-refractivity contribution in [2.45, 2.75) is 67.5 Å². The Hall–Kier alpha value is -1.51. The van der Waals surface area contributed by atoms with Gasteiger partial charge in [0.25, 0.3) is 0 Å². The van der Waals surface area contributed by atoms with Gasteiger partial charge in [-0.1, -0.05) is 21.3 Å². The number of hydrogen-bond donors (Lipinski definition) is 5. The molecule has 0 spiro atoms. The lowest BCUT2D eigenvalue weighted by Crippen LogP contribution is -2.04. The molecule has 0 saturated carbocycles. The second-order valence-electron chi connectivity index (χ2n) is 4.18. The highest BCUT2D eigenvalue weighted by Crippen LogP contribution is 2.20. The molecule has 1 fully saturated rings. The summed E-state index contributed by atoms with van der Waals surface area (Å²) in [6.07, 6.45) is 1.94. The van der Waals surface area contributed by atoms with Crippen molar-refractivity contribution in [3.8, 4) is 0 Å². The Morgan fingerprint density at radius 3 is 1.57 bits per heavy atom. The standard InChI is InChI=1S/C4H9NO.C4H9N.C2H5NO2.C2H5NO.CH4/c1-3-4(2)5-6-4;1-3-4(2)5;1-2(3)5-4;1-2(3)4;/h5H,3H2,1-2H3;5H,3H2,1-2H3;3-4H,1H3;1H3,(H2,3,4);1H4. The summed E-state index contributed by atoms with van der Waals surface area (Å²) in [6, 6.07) is 0. The number of nitrogens with one attached hydrogen (secondary N) is 3. The molecule has 21 heavy (non-hydrogen) atoms. The van der Waals surface area contributed by atoms with Crippen LogP contribution in [0.25, 0.3) is 0 Å². The summed E-state index contributed by atoms with van der Waals surface area (Å²) in [6.45, 7) is 10.5. The smallest absolute Gasteiger partial charge is 0.221 e. The van der Waals surface area contributed by atoms with Crippen LogP contribution in [0.3, 0.4) is 0 Å². The van der Waals surface area contributed by atoms with Gasteiger partial charge in [-0.2, -0.15) is 5.48 Å². The van der Waals surface area contributed by atoms with Crippen LogP contribution in [-0.4, -0.2) is 28.5 Å². The summed E-state index contributed by atoms with van der Waals surface area (Å²) in [7, 11) is 0. The van der Waals surface area contributed by atoms with Gasteiger partial charge in [0, 0.05) is 19.6 Å². The van der Waals surface area contributed by atoms with E-state index in [2.05, 4.69) is 23.0 Å². The average Bonchev–Trinajstić information content (AvgIpc) is 3.09. The fourth-order valence-electron chi connectivity index (χ4n) is 0.231. The SMILES string of the molecule is C.CC(=N)OO.CC(N)=O.CCC(C)=N.CCC1(C)NO1. The van der Waals surface area contributed by atoms with E-state index in [1.807, 2.05) is 13.8 Å². The molecule has 6 N–H and O–H groups in total. The predicted octanol–water partition coefficient (Wildman–Crippen LogP) is 2.68. The van der Waals surface area contributed by atoms with Crippen LogP contribution in [0.15, 0.2) is 0 Å². The Balaban J connectivity index is -0.0000000915. The molecular weight excluding hydrogens is 276 g/mol. The fraction of sp³-hybridized carbons (Fsp3) is 0.769. The van der Waals surface area contributed by atoms with Crippen molar-refractivity contribution >= 4 is 17.5 Å². The lowest BCUT2D eigenvalue weighted by molar-refractivity contribution is -0.156. The first-order valence-corrected chi connectivity index (χ1v) is 6.16. The summed E-state index contributed by atoms with van der Waals surface area (Å²) >= 11 is 0. The highest BCUT2D eigenvalue weighted by Gasteiger charge is 2.36. The van der Waals surface area contributed by atoms with Crippen LogP contribution in [0.5, 0.6) is 0 Å². The molecule has 1 heterocycles. The van der Waals surface area contributed by atoms with E-state index in [1.165, 1.54) is 13.8 Å². The van der Waals surface area contributed by atoms with Gasteiger partial charge in [-0.05, 0) is 26.7 Å². The maximum atomic E-state index is 9.22. The van der Waals surface area contributed by atoms with Crippen LogP contribution < -0.4 is 11.2 Å². The van der Waals surface area contributed by atoms with Crippen LogP contribution in [0, 0.1) is 10.8 Å². The third-order valence-electron chi connectivity index (χ3n) is 1.79. The van der Waals surface area contributed by atoms with Gasteiger partial charge in [0.1, 0.15) is 0 Å². The summed E-state index contributed by atoms with van der Waals surface area (Å²) in [5, 5.41) is 20.4. The molecule has 128 valence electrons. The summed E-state index contributed by atoms with van der Waals surface area (Å²) in [4.78, 5) is 17.4. The zero-order chi connectivity index (χ0) is 16.8. The number of amides is 1. The van der Waals surface area contributed by atoms with E-state index < -0.39 is 0 Å². The molecule has 8 nitrogen and oxygen atoms in total. The predicted molar refractivity (Wildman–Crippen MR) is 85.3 cm³/mol. The Bertz CT molecular complexity index is 274. The van der Waals surface area contributed by atoms with Gasteiger partial charge in [0.2, 0.25) is 11.8 Å². The number of hydrogen-bond acceptors (Lipinski definition) is 7. The highest BCUT2D eigenvalue weighted by molar-refractivity contribution is 5.78. The Morgan fingerprint density at radius 2 is 1.57 bits per heavy atom. The molecule has 0 aromatic rings. The highest BCUT2D eigenvalue weighted by atomic mass is 17.1. The zero-order valence-corrected chi connectivity index (χ0v) is 13.2. The van der Waals surface area contributed by atoms with E-state index >= 15 is 0 Å². The number of primary amides is 1. The van der Waals surface area contributed by atoms with Crippen molar-refractivity contribution < 1.29 is 19.8 Å². The van der Waals surface area contributed by atoms with Crippen molar-refractivity contribution in [3.05, 3.63) is 0 Å². The zero-order valence-electron chi connectivity index (χ0n) is 13.2. The normalized spacial score (nSPS) is 16.9. The summed E-state index contributed by atoms with van der Waals surface area (Å²) in [5.41, 5.74) is 8.03. The Morgan fingerprint density at radius 1 is 1.33 bits per heavy atom. The molecular formula is C13H32N4O4. The molecule has 1 aliphatic heterocycles. The monoisotopic (exact) mass is 308 g/mol. The van der Waals surface area contributed by atoms with E-state index in [1.54, 1.807) is 6.92 Å². The van der Waals surface area contributed by atoms with Crippen molar-refractivity contribution in [2.24, 2.45) is 5.73 Å². The quantitative estimate of drug-likeness (QED) is 0.174. The van der Waals surface area contributed by atoms with Gasteiger partial charge in [0.15, 0.2) is 5.72 Å². The summed E-state index contributed by atoms with van der Waals surface area (Å²) < 4.78 is 0. The van der Waals surface area contributed by atoms with E-state index in [-0.39, 0.29) is 25.0 Å². The van der Waals surface area contributed by atoms with Gasteiger partial charge in [0.05, 0.1) is 0 Å². The van der Waals surface area contributed by atoms with E-state index in [0.29, 0.717) is 0 Å². The molecule has 0 aromatic heterocycles. The minimum absolute atomic E-state index is 0. The third kappa shape index (κ3) is 45.7. The fourth-order valence-corrected chi connectivity index (χ4v) is 0.231. The number of carbonyl (C=O) groups is 1. The largest absolute Gasteiger partial charge is 0.370 e. The minimum Gasteiger partial charge on any atom is -0.370 e. The first-order valence-electron chi connectivity index (χ1n) is 6.16. The van der Waals surface area contributed by atoms with Crippen molar-refractivity contribution in [1.29, 1.82) is 10.8 Å². The molecule has 1 saturated heterocycles. The van der Waals surface area contributed by atoms with Gasteiger partial charge < -0.3 is 16.0 Å². The van der Waals surface area contributed by atoms with E-state index in [0.717, 1.165) is 18.6 Å². The lowest BCUT2D eigenvalue weighted by atomic mass is 10.2. The minimum atomic E-state index is -0.333. The van der Waals surface area contributed by atoms with E-state index in [4.69, 9.17) is 20.9 Å². The molecule has 1 unspecified atom stereocenters. The van der Waals surface area contributed by atoms with Gasteiger partial charge in [-0.15, -0.1) is 0 Å². The molecule has 0 aliphatic carbocycles. The molecule has 1 aliphatic rings. The number of rotatable bonds is 2. The first kappa shape index (κ1) is 27.8. The van der Waals surface area contributed by atoms with Gasteiger partial charge in [-0.25, -0.2) is 5.26 Å². The van der Waals surface area contributed by atoms with Crippen molar-refractivity contribution in [1.82, 2.24) is 5.48 Å². The van der Waals surface area contributed by atoms with Crippen molar-refractivity contribution in [2.75, 3.05) is 0 Å². The molecule has 0 radical (unpaired) electrons. The van der Waals surface area contributed by atoms with Crippen molar-refractivity contribution in [3.63, 3.8) is 0 Å². The number of nitrogens with two attached hydrogens (primary N) is 1. The van der Waals surface area contributed by atoms with Crippen LogP contribution in [0.1, 0.15) is 61.8 Å². The molecule has 1 amide bonds. The van der Waals surface area contributed by atoms with E-state index in [9.17, 15) is 4.79 Å². The topological polar surface area (TPSA) is 155 Å². The van der Waals surface area contributed by atoms with Crippen LogP contribution in [-0.2, 0) is 14.5 Å². The lowest BCUT2D eigenvalue weighted by Gasteiger charge is -1.88. The number of carbonyl (C=O) groups excluding carboxylic acids is 1. The second-order valence-corrected chi connectivity index (χ2v) is 4.18. The molecule has 1 rings (SSSR count). The third-order valence-corrected chi connectivity index (χ3v) is 1.79.